The van der Waals surface area contributed by atoms with Gasteiger partial charge in [-0.15, -0.1) is 11.3 Å². The minimum absolute atomic E-state index is 0.288. The zero-order chi connectivity index (χ0) is 9.54. The van der Waals surface area contributed by atoms with Gasteiger partial charge in [-0.25, -0.2) is 0 Å². The van der Waals surface area contributed by atoms with Gasteiger partial charge in [0.2, 0.25) is 0 Å². The standard InChI is InChI=1S/C12H13NS/c13-10-6-3-5-9-8-4-1-2-7-11(8)14-12(9)10/h1-2,4,7,10H,3,5-6,13H2. The Morgan fingerprint density at radius 3 is 3.07 bits per heavy atom. The lowest BCUT2D eigenvalue weighted by Crippen LogP contribution is -2.14. The lowest BCUT2D eigenvalue weighted by atomic mass is 9.93. The van der Waals surface area contributed by atoms with Crippen molar-refractivity contribution < 1.29 is 0 Å². The first-order chi connectivity index (χ1) is 6.86. The zero-order valence-corrected chi connectivity index (χ0v) is 8.81. The highest BCUT2D eigenvalue weighted by molar-refractivity contribution is 7.19. The van der Waals surface area contributed by atoms with Crippen molar-refractivity contribution in [3.63, 3.8) is 0 Å². The van der Waals surface area contributed by atoms with Crippen molar-refractivity contribution in [2.45, 2.75) is 25.3 Å². The second-order valence-electron chi connectivity index (χ2n) is 3.94. The molecule has 0 saturated heterocycles. The topological polar surface area (TPSA) is 26.0 Å². The number of fused-ring (bicyclic) bond motifs is 3. The van der Waals surface area contributed by atoms with Crippen LogP contribution in [0.4, 0.5) is 0 Å². The number of rotatable bonds is 0. The molecule has 0 fully saturated rings. The minimum atomic E-state index is 0.288. The molecule has 14 heavy (non-hydrogen) atoms. The van der Waals surface area contributed by atoms with E-state index in [2.05, 4.69) is 24.3 Å². The molecular formula is C12H13NS. The number of benzene rings is 1. The monoisotopic (exact) mass is 203 g/mol. The number of aryl methyl sites for hydroxylation is 1. The summed E-state index contributed by atoms with van der Waals surface area (Å²) in [5.74, 6) is 0. The molecular weight excluding hydrogens is 190 g/mol. The summed E-state index contributed by atoms with van der Waals surface area (Å²) in [6.45, 7) is 0. The molecule has 3 rings (SSSR count). The van der Waals surface area contributed by atoms with Crippen molar-refractivity contribution in [3.05, 3.63) is 34.7 Å². The van der Waals surface area contributed by atoms with E-state index in [0.29, 0.717) is 0 Å². The van der Waals surface area contributed by atoms with Gasteiger partial charge >= 0.3 is 0 Å². The second-order valence-corrected chi connectivity index (χ2v) is 5.02. The van der Waals surface area contributed by atoms with Crippen LogP contribution in [0.2, 0.25) is 0 Å². The smallest absolute Gasteiger partial charge is 0.0393 e. The van der Waals surface area contributed by atoms with Crippen LogP contribution in [-0.4, -0.2) is 0 Å². The quantitative estimate of drug-likeness (QED) is 0.699. The van der Waals surface area contributed by atoms with E-state index in [-0.39, 0.29) is 6.04 Å². The predicted molar refractivity (Wildman–Crippen MR) is 61.7 cm³/mol. The Balaban J connectivity index is 2.32. The van der Waals surface area contributed by atoms with Crippen LogP contribution in [0.1, 0.15) is 29.3 Å². The van der Waals surface area contributed by atoms with Gasteiger partial charge < -0.3 is 5.73 Å². The minimum Gasteiger partial charge on any atom is -0.323 e. The van der Waals surface area contributed by atoms with Crippen LogP contribution in [0.25, 0.3) is 10.1 Å². The Labute approximate surface area is 87.5 Å². The molecule has 2 heteroatoms. The van der Waals surface area contributed by atoms with E-state index in [9.17, 15) is 0 Å². The molecule has 1 aliphatic carbocycles. The van der Waals surface area contributed by atoms with E-state index in [0.717, 1.165) is 6.42 Å². The lowest BCUT2D eigenvalue weighted by Gasteiger charge is -2.17. The number of nitrogens with two attached hydrogens (primary N) is 1. The van der Waals surface area contributed by atoms with Gasteiger partial charge in [0.1, 0.15) is 0 Å². The van der Waals surface area contributed by atoms with Crippen LogP contribution in [0, 0.1) is 0 Å². The fourth-order valence-corrected chi connectivity index (χ4v) is 3.59. The summed E-state index contributed by atoms with van der Waals surface area (Å²) in [6, 6.07) is 8.94. The summed E-state index contributed by atoms with van der Waals surface area (Å²) in [7, 11) is 0. The summed E-state index contributed by atoms with van der Waals surface area (Å²) >= 11 is 1.88. The molecule has 0 amide bonds. The molecule has 72 valence electrons. The third-order valence-corrected chi connectivity index (χ3v) is 4.35. The van der Waals surface area contributed by atoms with Gasteiger partial charge in [0.05, 0.1) is 0 Å². The van der Waals surface area contributed by atoms with Crippen molar-refractivity contribution in [2.24, 2.45) is 5.73 Å². The van der Waals surface area contributed by atoms with Crippen LogP contribution in [0.15, 0.2) is 24.3 Å². The molecule has 2 N–H and O–H groups in total. The molecule has 1 aromatic carbocycles. The summed E-state index contributed by atoms with van der Waals surface area (Å²) in [4.78, 5) is 1.43. The number of thiophene rings is 1. The van der Waals surface area contributed by atoms with Crippen LogP contribution < -0.4 is 5.73 Å². The molecule has 1 unspecified atom stereocenters. The van der Waals surface area contributed by atoms with Gasteiger partial charge in [0, 0.05) is 15.6 Å². The van der Waals surface area contributed by atoms with Gasteiger partial charge in [0.25, 0.3) is 0 Å². The largest absolute Gasteiger partial charge is 0.323 e. The Morgan fingerprint density at radius 2 is 2.14 bits per heavy atom. The van der Waals surface area contributed by atoms with E-state index in [1.807, 2.05) is 11.3 Å². The lowest BCUT2D eigenvalue weighted by molar-refractivity contribution is 0.584. The zero-order valence-electron chi connectivity index (χ0n) is 7.99. The molecule has 0 radical (unpaired) electrons. The summed E-state index contributed by atoms with van der Waals surface area (Å²) in [5.41, 5.74) is 7.64. The maximum atomic E-state index is 6.12. The van der Waals surface area contributed by atoms with Gasteiger partial charge in [-0.05, 0) is 36.3 Å². The molecule has 1 aliphatic rings. The van der Waals surface area contributed by atoms with E-state index in [1.54, 1.807) is 0 Å². The Hall–Kier alpha value is -0.860. The maximum absolute atomic E-state index is 6.12. The van der Waals surface area contributed by atoms with Crippen LogP contribution in [-0.2, 0) is 6.42 Å². The first-order valence-electron chi connectivity index (χ1n) is 5.12. The number of hydrogen-bond acceptors (Lipinski definition) is 2. The van der Waals surface area contributed by atoms with Crippen LogP contribution in [0.5, 0.6) is 0 Å². The van der Waals surface area contributed by atoms with Crippen molar-refractivity contribution in [1.82, 2.24) is 0 Å². The molecule has 1 atom stereocenters. The summed E-state index contributed by atoms with van der Waals surface area (Å²) in [6.07, 6.45) is 3.61. The predicted octanol–water partition coefficient (Wildman–Crippen LogP) is 3.24. The van der Waals surface area contributed by atoms with Crippen LogP contribution in [0.3, 0.4) is 0 Å². The van der Waals surface area contributed by atoms with E-state index in [4.69, 9.17) is 5.73 Å². The average Bonchev–Trinajstić information content (AvgIpc) is 2.59. The molecule has 2 aromatic rings. The van der Waals surface area contributed by atoms with Crippen molar-refractivity contribution in [2.75, 3.05) is 0 Å². The van der Waals surface area contributed by atoms with Crippen LogP contribution >= 0.6 is 11.3 Å². The highest BCUT2D eigenvalue weighted by Gasteiger charge is 2.21. The van der Waals surface area contributed by atoms with Crippen molar-refractivity contribution >= 4 is 21.4 Å². The maximum Gasteiger partial charge on any atom is 0.0393 e. The summed E-state index contributed by atoms with van der Waals surface area (Å²) < 4.78 is 1.40. The average molecular weight is 203 g/mol. The Kier molecular flexibility index (Phi) is 1.85. The van der Waals surface area contributed by atoms with Gasteiger partial charge in [-0.3, -0.25) is 0 Å². The van der Waals surface area contributed by atoms with Crippen molar-refractivity contribution in [1.29, 1.82) is 0 Å². The molecule has 1 aromatic heterocycles. The van der Waals surface area contributed by atoms with Gasteiger partial charge in [-0.2, -0.15) is 0 Å². The van der Waals surface area contributed by atoms with E-state index in [1.165, 1.54) is 33.4 Å². The Bertz CT molecular complexity index is 472. The summed E-state index contributed by atoms with van der Waals surface area (Å²) in [5, 5.41) is 1.43. The third-order valence-electron chi connectivity index (χ3n) is 3.01. The Morgan fingerprint density at radius 1 is 1.29 bits per heavy atom. The van der Waals surface area contributed by atoms with E-state index < -0.39 is 0 Å². The first kappa shape index (κ1) is 8.45. The molecule has 1 heterocycles. The van der Waals surface area contributed by atoms with E-state index >= 15 is 0 Å². The molecule has 0 aliphatic heterocycles. The fraction of sp³-hybridized carbons (Fsp3) is 0.333. The van der Waals surface area contributed by atoms with Gasteiger partial charge in [0.15, 0.2) is 0 Å². The highest BCUT2D eigenvalue weighted by Crippen LogP contribution is 2.39. The first-order valence-corrected chi connectivity index (χ1v) is 5.94. The van der Waals surface area contributed by atoms with Crippen molar-refractivity contribution in [3.8, 4) is 0 Å². The number of hydrogen-bond donors (Lipinski definition) is 1. The third kappa shape index (κ3) is 1.11. The van der Waals surface area contributed by atoms with Gasteiger partial charge in [-0.1, -0.05) is 18.2 Å². The molecule has 0 bridgehead atoms. The normalized spacial score (nSPS) is 21.1. The molecule has 0 saturated carbocycles. The molecule has 1 nitrogen and oxygen atoms in total. The highest BCUT2D eigenvalue weighted by atomic mass is 32.1. The molecule has 0 spiro atoms. The fourth-order valence-electron chi connectivity index (χ4n) is 2.30. The second kappa shape index (κ2) is 3.07. The SMILES string of the molecule is NC1CCCc2c1sc1ccccc21.